The van der Waals surface area contributed by atoms with Crippen molar-refractivity contribution in [2.75, 3.05) is 23.8 Å². The lowest BCUT2D eigenvalue weighted by Gasteiger charge is -2.23. The molecule has 4 aromatic rings. The van der Waals surface area contributed by atoms with E-state index in [0.717, 1.165) is 48.8 Å². The van der Waals surface area contributed by atoms with Crippen LogP contribution in [0.3, 0.4) is 0 Å². The summed E-state index contributed by atoms with van der Waals surface area (Å²) >= 11 is 0. The van der Waals surface area contributed by atoms with Crippen molar-refractivity contribution in [2.45, 2.75) is 25.8 Å². The summed E-state index contributed by atoms with van der Waals surface area (Å²) in [7, 11) is 2.04. The van der Waals surface area contributed by atoms with Gasteiger partial charge in [-0.3, -0.25) is 4.79 Å². The molecule has 0 aliphatic carbocycles. The molecule has 1 amide bonds. The Labute approximate surface area is 190 Å². The number of nitrogens with two attached hydrogens (primary N) is 1. The van der Waals surface area contributed by atoms with Gasteiger partial charge in [0.25, 0.3) is 5.95 Å². The lowest BCUT2D eigenvalue weighted by molar-refractivity contribution is 0.100. The van der Waals surface area contributed by atoms with Crippen LogP contribution in [0.25, 0.3) is 16.9 Å². The van der Waals surface area contributed by atoms with Gasteiger partial charge in [-0.05, 0) is 30.9 Å². The van der Waals surface area contributed by atoms with Crippen LogP contribution >= 0.6 is 0 Å². The normalized spacial score (nSPS) is 13.6. The fourth-order valence-corrected chi connectivity index (χ4v) is 4.27. The van der Waals surface area contributed by atoms with Crippen LogP contribution in [0.15, 0.2) is 48.7 Å². The lowest BCUT2D eigenvalue weighted by Crippen LogP contribution is -2.22. The van der Waals surface area contributed by atoms with Crippen LogP contribution in [0.4, 0.5) is 15.9 Å². The van der Waals surface area contributed by atoms with Gasteiger partial charge < -0.3 is 16.0 Å². The van der Waals surface area contributed by atoms with Gasteiger partial charge in [-0.15, -0.1) is 0 Å². The van der Waals surface area contributed by atoms with Crippen LogP contribution in [0.5, 0.6) is 0 Å². The maximum Gasteiger partial charge on any atom is 0.253 e. The van der Waals surface area contributed by atoms with Crippen LogP contribution in [-0.2, 0) is 13.0 Å². The SMILES string of the molecule is CN1CCCCc2nc(-n3ncc4c(C(N)=O)cc(F)cc43)nc(NCc3ccccc3)c21. The fraction of sp³-hybridized carbons (Fsp3) is 0.250. The van der Waals surface area contributed by atoms with Gasteiger partial charge in [-0.1, -0.05) is 30.3 Å². The molecule has 1 aliphatic rings. The topological polar surface area (TPSA) is 102 Å². The largest absolute Gasteiger partial charge is 0.370 e. The Morgan fingerprint density at radius 2 is 2.00 bits per heavy atom. The first kappa shape index (κ1) is 20.9. The van der Waals surface area contributed by atoms with Crippen molar-refractivity contribution in [3.8, 4) is 5.95 Å². The van der Waals surface area contributed by atoms with Gasteiger partial charge in [0.1, 0.15) is 11.5 Å². The van der Waals surface area contributed by atoms with E-state index in [9.17, 15) is 9.18 Å². The number of benzene rings is 2. The standard InChI is InChI=1S/C24H24FN7O/c1-31-10-6-5-9-19-21(31)23(27-13-15-7-3-2-4-8-15)30-24(29-19)32-20-12-16(25)11-17(22(26)33)18(20)14-28-32/h2-4,7-8,11-12,14H,5-6,9-10,13H2,1H3,(H2,26,33)(H,27,29,30). The molecular weight excluding hydrogens is 421 g/mol. The van der Waals surface area contributed by atoms with Crippen molar-refractivity contribution in [3.05, 3.63) is 71.3 Å². The highest BCUT2D eigenvalue weighted by Crippen LogP contribution is 2.32. The second-order valence-electron chi connectivity index (χ2n) is 8.19. The highest BCUT2D eigenvalue weighted by Gasteiger charge is 2.23. The molecule has 0 unspecified atom stereocenters. The maximum absolute atomic E-state index is 14.3. The highest BCUT2D eigenvalue weighted by molar-refractivity contribution is 6.05. The molecule has 0 spiro atoms. The quantitative estimate of drug-likeness (QED) is 0.488. The Hall–Kier alpha value is -4.01. The number of carbonyl (C=O) groups excluding carboxylic acids is 1. The van der Waals surface area contributed by atoms with Crippen molar-refractivity contribution in [2.24, 2.45) is 5.73 Å². The van der Waals surface area contributed by atoms with Crippen molar-refractivity contribution >= 4 is 28.3 Å². The third kappa shape index (κ3) is 3.97. The summed E-state index contributed by atoms with van der Waals surface area (Å²) in [6.07, 6.45) is 4.35. The zero-order chi connectivity index (χ0) is 22.9. The highest BCUT2D eigenvalue weighted by atomic mass is 19.1. The minimum absolute atomic E-state index is 0.0770. The number of aryl methyl sites for hydroxylation is 1. The molecule has 1 aliphatic heterocycles. The number of anilines is 2. The number of fused-ring (bicyclic) bond motifs is 2. The molecule has 3 heterocycles. The first-order chi connectivity index (χ1) is 16.0. The molecular formula is C24H24FN7O. The number of hydrogen-bond acceptors (Lipinski definition) is 6. The maximum atomic E-state index is 14.3. The monoisotopic (exact) mass is 445 g/mol. The van der Waals surface area contributed by atoms with Crippen LogP contribution < -0.4 is 16.0 Å². The molecule has 33 heavy (non-hydrogen) atoms. The summed E-state index contributed by atoms with van der Waals surface area (Å²) in [5.41, 5.74) is 8.91. The molecule has 0 atom stereocenters. The Bertz CT molecular complexity index is 1340. The molecule has 3 N–H and O–H groups in total. The van der Waals surface area contributed by atoms with Crippen molar-refractivity contribution in [3.63, 3.8) is 0 Å². The van der Waals surface area contributed by atoms with Crippen molar-refractivity contribution < 1.29 is 9.18 Å². The minimum atomic E-state index is -0.714. The first-order valence-electron chi connectivity index (χ1n) is 10.9. The first-order valence-corrected chi connectivity index (χ1v) is 10.9. The molecule has 0 fully saturated rings. The van der Waals surface area contributed by atoms with E-state index in [0.29, 0.717) is 29.2 Å². The summed E-state index contributed by atoms with van der Waals surface area (Å²) in [5, 5.41) is 8.29. The second-order valence-corrected chi connectivity index (χ2v) is 8.19. The van der Waals surface area contributed by atoms with Crippen LogP contribution in [-0.4, -0.2) is 39.2 Å². The summed E-state index contributed by atoms with van der Waals surface area (Å²) in [4.78, 5) is 23.6. The molecule has 0 radical (unpaired) electrons. The van der Waals surface area contributed by atoms with Gasteiger partial charge in [-0.2, -0.15) is 14.8 Å². The zero-order valence-electron chi connectivity index (χ0n) is 18.3. The van der Waals surface area contributed by atoms with Gasteiger partial charge in [-0.25, -0.2) is 9.37 Å². The number of rotatable bonds is 5. The van der Waals surface area contributed by atoms with Gasteiger partial charge in [0, 0.05) is 31.6 Å². The molecule has 5 rings (SSSR count). The average Bonchev–Trinajstić information content (AvgIpc) is 3.14. The van der Waals surface area contributed by atoms with E-state index in [1.54, 1.807) is 0 Å². The molecule has 8 nitrogen and oxygen atoms in total. The Kier molecular flexibility index (Phi) is 5.37. The second kappa shape index (κ2) is 8.50. The van der Waals surface area contributed by atoms with E-state index in [1.165, 1.54) is 16.9 Å². The van der Waals surface area contributed by atoms with Gasteiger partial charge >= 0.3 is 0 Å². The molecule has 2 aromatic carbocycles. The number of primary amides is 1. The Morgan fingerprint density at radius 3 is 2.79 bits per heavy atom. The average molecular weight is 446 g/mol. The van der Waals surface area contributed by atoms with Crippen molar-refractivity contribution in [1.82, 2.24) is 19.7 Å². The smallest absolute Gasteiger partial charge is 0.253 e. The number of nitrogens with one attached hydrogen (secondary N) is 1. The van der Waals surface area contributed by atoms with E-state index in [4.69, 9.17) is 15.7 Å². The number of carbonyl (C=O) groups is 1. The van der Waals surface area contributed by atoms with Crippen LogP contribution in [0, 0.1) is 5.82 Å². The molecule has 0 saturated heterocycles. The van der Waals surface area contributed by atoms with E-state index < -0.39 is 11.7 Å². The number of hydrogen-bond donors (Lipinski definition) is 2. The van der Waals surface area contributed by atoms with E-state index in [1.807, 2.05) is 37.4 Å². The van der Waals surface area contributed by atoms with E-state index in [-0.39, 0.29) is 5.56 Å². The third-order valence-corrected chi connectivity index (χ3v) is 5.89. The Morgan fingerprint density at radius 1 is 1.18 bits per heavy atom. The third-order valence-electron chi connectivity index (χ3n) is 5.89. The number of nitrogens with zero attached hydrogens (tertiary/aromatic N) is 5. The number of amides is 1. The molecule has 0 bridgehead atoms. The summed E-state index contributed by atoms with van der Waals surface area (Å²) in [6, 6.07) is 12.5. The predicted octanol–water partition coefficient (Wildman–Crippen LogP) is 3.44. The van der Waals surface area contributed by atoms with Crippen LogP contribution in [0.1, 0.15) is 34.5 Å². The molecule has 0 saturated carbocycles. The number of halogens is 1. The number of aromatic nitrogens is 4. The predicted molar refractivity (Wildman–Crippen MR) is 125 cm³/mol. The van der Waals surface area contributed by atoms with Gasteiger partial charge in [0.2, 0.25) is 5.91 Å². The van der Waals surface area contributed by atoms with Gasteiger partial charge in [0.05, 0.1) is 23.0 Å². The fourth-order valence-electron chi connectivity index (χ4n) is 4.27. The minimum Gasteiger partial charge on any atom is -0.370 e. The van der Waals surface area contributed by atoms with Crippen molar-refractivity contribution in [1.29, 1.82) is 0 Å². The molecule has 9 heteroatoms. The molecule has 2 aromatic heterocycles. The summed E-state index contributed by atoms with van der Waals surface area (Å²) in [5.74, 6) is -0.280. The summed E-state index contributed by atoms with van der Waals surface area (Å²) in [6.45, 7) is 1.51. The van der Waals surface area contributed by atoms with E-state index in [2.05, 4.69) is 15.3 Å². The van der Waals surface area contributed by atoms with E-state index >= 15 is 0 Å². The lowest BCUT2D eigenvalue weighted by atomic mass is 10.1. The van der Waals surface area contributed by atoms with Crippen LogP contribution in [0.2, 0.25) is 0 Å². The molecule has 168 valence electrons. The summed E-state index contributed by atoms with van der Waals surface area (Å²) < 4.78 is 15.8. The zero-order valence-corrected chi connectivity index (χ0v) is 18.3. The van der Waals surface area contributed by atoms with Gasteiger partial charge in [0.15, 0.2) is 5.82 Å². The Balaban J connectivity index is 1.64.